The predicted molar refractivity (Wildman–Crippen MR) is 101 cm³/mol. The highest BCUT2D eigenvalue weighted by Gasteiger charge is 2.24. The molecular weight excluding hydrogens is 373 g/mol. The first-order valence-corrected chi connectivity index (χ1v) is 9.49. The van der Waals surface area contributed by atoms with Crippen LogP contribution in [0.1, 0.15) is 28.5 Å². The molecule has 1 N–H and O–H groups in total. The number of fused-ring (bicyclic) bond motifs is 1. The molecule has 1 unspecified atom stereocenters. The van der Waals surface area contributed by atoms with Crippen LogP contribution in [0.2, 0.25) is 5.02 Å². The molecule has 4 rings (SSSR count). The van der Waals surface area contributed by atoms with Crippen LogP contribution in [0.4, 0.5) is 4.39 Å². The summed E-state index contributed by atoms with van der Waals surface area (Å²) in [5, 5.41) is 3.73. The molecule has 1 aliphatic heterocycles. The molecule has 1 aliphatic rings. The van der Waals surface area contributed by atoms with E-state index in [-0.39, 0.29) is 17.8 Å². The van der Waals surface area contributed by atoms with Crippen molar-refractivity contribution in [2.75, 3.05) is 5.75 Å². The van der Waals surface area contributed by atoms with Gasteiger partial charge >= 0.3 is 0 Å². The molecule has 132 valence electrons. The summed E-state index contributed by atoms with van der Waals surface area (Å²) < 4.78 is 14.8. The number of aromatic nitrogens is 2. The lowest BCUT2D eigenvalue weighted by molar-refractivity contribution is 0.0928. The lowest BCUT2D eigenvalue weighted by Gasteiger charge is -2.26. The van der Waals surface area contributed by atoms with Gasteiger partial charge in [0.05, 0.1) is 18.6 Å². The average Bonchev–Trinajstić information content (AvgIpc) is 3.13. The average molecular weight is 388 g/mol. The standard InChI is InChI=1S/C19H15ClFN3OS/c20-12-1-6-18-15(9-12)16(7-8-26-18)23-19(25)17-10-22-11-24(17)14-4-2-13(21)3-5-14/h1-6,9-11,16H,7-8H2,(H,23,25). The van der Waals surface area contributed by atoms with Gasteiger partial charge in [0.2, 0.25) is 0 Å². The predicted octanol–water partition coefficient (Wildman–Crippen LogP) is 4.63. The van der Waals surface area contributed by atoms with E-state index in [0.717, 1.165) is 22.6 Å². The second-order valence-corrected chi connectivity index (χ2v) is 7.54. The van der Waals surface area contributed by atoms with Crippen LogP contribution in [0, 0.1) is 5.82 Å². The number of nitrogens with zero attached hydrogens (tertiary/aromatic N) is 2. The van der Waals surface area contributed by atoms with Crippen molar-refractivity contribution in [3.8, 4) is 5.69 Å². The van der Waals surface area contributed by atoms with E-state index in [0.29, 0.717) is 16.4 Å². The molecule has 0 radical (unpaired) electrons. The molecule has 0 saturated heterocycles. The van der Waals surface area contributed by atoms with E-state index in [1.165, 1.54) is 18.3 Å². The fourth-order valence-electron chi connectivity index (χ4n) is 3.02. The number of amides is 1. The van der Waals surface area contributed by atoms with Gasteiger partial charge in [0.1, 0.15) is 11.5 Å². The Kier molecular flexibility index (Phi) is 4.70. The van der Waals surface area contributed by atoms with Crippen LogP contribution in [0.25, 0.3) is 5.69 Å². The van der Waals surface area contributed by atoms with Gasteiger partial charge in [-0.3, -0.25) is 9.36 Å². The molecule has 26 heavy (non-hydrogen) atoms. The van der Waals surface area contributed by atoms with Crippen LogP contribution in [0.3, 0.4) is 0 Å². The summed E-state index contributed by atoms with van der Waals surface area (Å²) in [7, 11) is 0. The third-order valence-corrected chi connectivity index (χ3v) is 5.65. The molecule has 1 aromatic heterocycles. The van der Waals surface area contributed by atoms with Crippen LogP contribution >= 0.6 is 23.4 Å². The molecule has 1 atom stereocenters. The number of benzene rings is 2. The molecule has 7 heteroatoms. The molecule has 3 aromatic rings. The summed E-state index contributed by atoms with van der Waals surface area (Å²) in [6.07, 6.45) is 3.88. The Balaban J connectivity index is 1.60. The number of carbonyl (C=O) groups excluding carboxylic acids is 1. The zero-order valence-electron chi connectivity index (χ0n) is 13.7. The molecule has 0 saturated carbocycles. The highest BCUT2D eigenvalue weighted by Crippen LogP contribution is 2.37. The lowest BCUT2D eigenvalue weighted by atomic mass is 10.0. The van der Waals surface area contributed by atoms with E-state index in [1.54, 1.807) is 34.8 Å². The van der Waals surface area contributed by atoms with Gasteiger partial charge in [-0.25, -0.2) is 9.37 Å². The van der Waals surface area contributed by atoms with Gasteiger partial charge in [0, 0.05) is 21.4 Å². The zero-order valence-corrected chi connectivity index (χ0v) is 15.2. The Morgan fingerprint density at radius 2 is 2.08 bits per heavy atom. The first kappa shape index (κ1) is 17.1. The van der Waals surface area contributed by atoms with E-state index in [4.69, 9.17) is 11.6 Å². The number of thioether (sulfide) groups is 1. The molecule has 0 bridgehead atoms. The van der Waals surface area contributed by atoms with Crippen molar-refractivity contribution in [1.29, 1.82) is 0 Å². The number of imidazole rings is 1. The minimum absolute atomic E-state index is 0.103. The Hall–Kier alpha value is -2.31. The number of halogens is 2. The van der Waals surface area contributed by atoms with Crippen molar-refractivity contribution < 1.29 is 9.18 Å². The van der Waals surface area contributed by atoms with E-state index >= 15 is 0 Å². The minimum Gasteiger partial charge on any atom is -0.344 e. The molecule has 0 spiro atoms. The highest BCUT2D eigenvalue weighted by atomic mass is 35.5. The van der Waals surface area contributed by atoms with Gasteiger partial charge in [0.15, 0.2) is 0 Å². The summed E-state index contributed by atoms with van der Waals surface area (Å²) in [5.41, 5.74) is 2.12. The lowest BCUT2D eigenvalue weighted by Crippen LogP contribution is -2.31. The SMILES string of the molecule is O=C(NC1CCSc2ccc(Cl)cc21)c1cncn1-c1ccc(F)cc1. The van der Waals surface area contributed by atoms with Crippen molar-refractivity contribution in [2.45, 2.75) is 17.4 Å². The fourth-order valence-corrected chi connectivity index (χ4v) is 4.30. The van der Waals surface area contributed by atoms with Gasteiger partial charge in [-0.05, 0) is 54.4 Å². The largest absolute Gasteiger partial charge is 0.344 e. The number of rotatable bonds is 3. The van der Waals surface area contributed by atoms with E-state index in [2.05, 4.69) is 10.3 Å². The summed E-state index contributed by atoms with van der Waals surface area (Å²) in [4.78, 5) is 18.1. The van der Waals surface area contributed by atoms with Crippen molar-refractivity contribution in [1.82, 2.24) is 14.9 Å². The van der Waals surface area contributed by atoms with E-state index in [1.807, 2.05) is 18.2 Å². The second-order valence-electron chi connectivity index (χ2n) is 5.97. The van der Waals surface area contributed by atoms with Crippen molar-refractivity contribution in [3.63, 3.8) is 0 Å². The van der Waals surface area contributed by atoms with E-state index in [9.17, 15) is 9.18 Å². The van der Waals surface area contributed by atoms with Gasteiger partial charge in [-0.1, -0.05) is 11.6 Å². The summed E-state index contributed by atoms with van der Waals surface area (Å²) in [5.74, 6) is 0.374. The summed E-state index contributed by atoms with van der Waals surface area (Å²) >= 11 is 7.89. The highest BCUT2D eigenvalue weighted by molar-refractivity contribution is 7.99. The van der Waals surface area contributed by atoms with Crippen molar-refractivity contribution in [3.05, 3.63) is 77.1 Å². The number of carbonyl (C=O) groups is 1. The Morgan fingerprint density at radius 3 is 2.88 bits per heavy atom. The smallest absolute Gasteiger partial charge is 0.270 e. The molecule has 0 fully saturated rings. The van der Waals surface area contributed by atoms with Crippen LogP contribution in [-0.2, 0) is 0 Å². The molecular formula is C19H15ClFN3OS. The quantitative estimate of drug-likeness (QED) is 0.712. The molecule has 0 aliphatic carbocycles. The Labute approximate surface area is 159 Å². The maximum atomic E-state index is 13.2. The first-order valence-electron chi connectivity index (χ1n) is 8.13. The number of nitrogens with one attached hydrogen (secondary N) is 1. The van der Waals surface area contributed by atoms with Gasteiger partial charge in [-0.15, -0.1) is 11.8 Å². The third-order valence-electron chi connectivity index (χ3n) is 4.29. The topological polar surface area (TPSA) is 46.9 Å². The maximum Gasteiger partial charge on any atom is 0.270 e. The normalized spacial score (nSPS) is 16.2. The number of hydrogen-bond acceptors (Lipinski definition) is 3. The fraction of sp³-hybridized carbons (Fsp3) is 0.158. The van der Waals surface area contributed by atoms with Crippen LogP contribution in [0.5, 0.6) is 0 Å². The monoisotopic (exact) mass is 387 g/mol. The molecule has 4 nitrogen and oxygen atoms in total. The minimum atomic E-state index is -0.326. The molecule has 2 heterocycles. The third kappa shape index (κ3) is 3.34. The number of hydrogen-bond donors (Lipinski definition) is 1. The zero-order chi connectivity index (χ0) is 18.1. The second kappa shape index (κ2) is 7.13. The van der Waals surface area contributed by atoms with Crippen LogP contribution in [0.15, 0.2) is 59.9 Å². The van der Waals surface area contributed by atoms with Crippen LogP contribution in [-0.4, -0.2) is 21.2 Å². The Bertz CT molecular complexity index is 958. The first-order chi connectivity index (χ1) is 12.6. The maximum absolute atomic E-state index is 13.2. The van der Waals surface area contributed by atoms with Gasteiger partial charge in [0.25, 0.3) is 5.91 Å². The molecule has 1 amide bonds. The summed E-state index contributed by atoms with van der Waals surface area (Å²) in [6.45, 7) is 0. The summed E-state index contributed by atoms with van der Waals surface area (Å²) in [6, 6.07) is 11.6. The van der Waals surface area contributed by atoms with E-state index < -0.39 is 0 Å². The Morgan fingerprint density at radius 1 is 1.27 bits per heavy atom. The molecule has 2 aromatic carbocycles. The van der Waals surface area contributed by atoms with Gasteiger partial charge < -0.3 is 5.32 Å². The van der Waals surface area contributed by atoms with Crippen molar-refractivity contribution >= 4 is 29.3 Å². The van der Waals surface area contributed by atoms with Crippen molar-refractivity contribution in [2.24, 2.45) is 0 Å². The van der Waals surface area contributed by atoms with Gasteiger partial charge in [-0.2, -0.15) is 0 Å². The van der Waals surface area contributed by atoms with Crippen LogP contribution < -0.4 is 5.32 Å².